The number of fused-ring (bicyclic) bond motifs is 1. The van der Waals surface area contributed by atoms with Crippen molar-refractivity contribution in [3.8, 4) is 11.5 Å². The van der Waals surface area contributed by atoms with Gasteiger partial charge in [0, 0.05) is 41.2 Å². The lowest BCUT2D eigenvalue weighted by molar-refractivity contribution is -0.113. The molecule has 0 unspecified atom stereocenters. The average Bonchev–Trinajstić information content (AvgIpc) is 3.04. The van der Waals surface area contributed by atoms with Crippen LogP contribution >= 0.6 is 11.8 Å². The van der Waals surface area contributed by atoms with Crippen molar-refractivity contribution >= 4 is 39.1 Å². The van der Waals surface area contributed by atoms with Crippen molar-refractivity contribution in [2.75, 3.05) is 29.0 Å². The Kier molecular flexibility index (Phi) is 6.81. The average molecular weight is 472 g/mol. The summed E-state index contributed by atoms with van der Waals surface area (Å²) in [6, 6.07) is 14.7. The summed E-state index contributed by atoms with van der Waals surface area (Å²) in [7, 11) is -3.82. The summed E-state index contributed by atoms with van der Waals surface area (Å²) in [5.74, 6) is 1.03. The molecule has 0 saturated carbocycles. The number of benzene rings is 2. The highest BCUT2D eigenvalue weighted by Gasteiger charge is 2.19. The monoisotopic (exact) mass is 471 g/mol. The summed E-state index contributed by atoms with van der Waals surface area (Å²) in [6.07, 6.45) is 4.08. The molecule has 0 fully saturated rings. The van der Waals surface area contributed by atoms with E-state index in [0.717, 1.165) is 11.3 Å². The predicted octanol–water partition coefficient (Wildman–Crippen LogP) is 3.77. The first kappa shape index (κ1) is 22.0. The number of carbonyl (C=O) groups is 1. The summed E-state index contributed by atoms with van der Waals surface area (Å²) >= 11 is 1.40. The highest BCUT2D eigenvalue weighted by molar-refractivity contribution is 8.00. The number of hydrogen-bond donors (Lipinski definition) is 2. The first-order valence-corrected chi connectivity index (χ1v) is 12.3. The first-order chi connectivity index (χ1) is 15.5. The van der Waals surface area contributed by atoms with Crippen LogP contribution in [0, 0.1) is 0 Å². The fourth-order valence-corrected chi connectivity index (χ4v) is 4.68. The molecule has 2 heterocycles. The first-order valence-electron chi connectivity index (χ1n) is 9.85. The molecule has 1 amide bonds. The summed E-state index contributed by atoms with van der Waals surface area (Å²) in [4.78, 5) is 17.1. The number of nitrogens with zero attached hydrogens (tertiary/aromatic N) is 1. The number of hydrogen-bond acceptors (Lipinski definition) is 7. The van der Waals surface area contributed by atoms with Crippen molar-refractivity contribution in [1.82, 2.24) is 4.98 Å². The van der Waals surface area contributed by atoms with Gasteiger partial charge in [0.1, 0.15) is 0 Å². The number of ether oxygens (including phenoxy) is 2. The topological polar surface area (TPSA) is 107 Å². The standard InChI is InChI=1S/C22H21N3O5S2/c26-22(15-31-18-8-10-23-11-9-18)24-16-2-4-17(5-3-16)25-32(27,28)19-6-7-20-21(14-19)30-13-1-12-29-20/h2-11,14,25H,1,12-13,15H2,(H,24,26). The summed E-state index contributed by atoms with van der Waals surface area (Å²) in [6.45, 7) is 1.00. The van der Waals surface area contributed by atoms with Crippen LogP contribution in [0.4, 0.5) is 11.4 Å². The molecule has 32 heavy (non-hydrogen) atoms. The molecule has 3 aromatic rings. The molecule has 0 spiro atoms. The van der Waals surface area contributed by atoms with Crippen LogP contribution in [-0.2, 0) is 14.8 Å². The zero-order valence-electron chi connectivity index (χ0n) is 17.0. The highest BCUT2D eigenvalue weighted by atomic mass is 32.2. The maximum Gasteiger partial charge on any atom is 0.262 e. The normalized spacial score (nSPS) is 13.1. The second-order valence-corrected chi connectivity index (χ2v) is 9.59. The third-order valence-corrected chi connectivity index (χ3v) is 6.86. The minimum absolute atomic E-state index is 0.0762. The summed E-state index contributed by atoms with van der Waals surface area (Å²) in [5.41, 5.74) is 0.949. The van der Waals surface area contributed by atoms with E-state index in [1.807, 2.05) is 12.1 Å². The van der Waals surface area contributed by atoms with E-state index in [4.69, 9.17) is 9.47 Å². The Morgan fingerprint density at radius 1 is 0.938 bits per heavy atom. The van der Waals surface area contributed by atoms with E-state index in [1.54, 1.807) is 42.7 Å². The predicted molar refractivity (Wildman–Crippen MR) is 123 cm³/mol. The number of amides is 1. The molecule has 1 aliphatic rings. The second-order valence-electron chi connectivity index (χ2n) is 6.86. The quantitative estimate of drug-likeness (QED) is 0.505. The lowest BCUT2D eigenvalue weighted by Gasteiger charge is -2.12. The molecule has 2 N–H and O–H groups in total. The van der Waals surface area contributed by atoms with Crippen LogP contribution in [0.5, 0.6) is 11.5 Å². The van der Waals surface area contributed by atoms with Crippen LogP contribution in [0.25, 0.3) is 0 Å². The number of anilines is 2. The largest absolute Gasteiger partial charge is 0.490 e. The lowest BCUT2D eigenvalue weighted by Crippen LogP contribution is -2.15. The number of rotatable bonds is 7. The Morgan fingerprint density at radius 2 is 1.62 bits per heavy atom. The van der Waals surface area contributed by atoms with Gasteiger partial charge in [-0.3, -0.25) is 14.5 Å². The van der Waals surface area contributed by atoms with Gasteiger partial charge in [-0.2, -0.15) is 0 Å². The van der Waals surface area contributed by atoms with Crippen LogP contribution in [0.2, 0.25) is 0 Å². The number of nitrogens with one attached hydrogen (secondary N) is 2. The van der Waals surface area contributed by atoms with Gasteiger partial charge in [0.15, 0.2) is 11.5 Å². The SMILES string of the molecule is O=C(CSc1ccncc1)Nc1ccc(NS(=O)(=O)c2ccc3c(c2)OCCCO3)cc1. The molecule has 1 aliphatic heterocycles. The van der Waals surface area contributed by atoms with Crippen molar-refractivity contribution in [3.63, 3.8) is 0 Å². The van der Waals surface area contributed by atoms with E-state index in [2.05, 4.69) is 15.0 Å². The molecule has 2 aromatic carbocycles. The molecular weight excluding hydrogens is 450 g/mol. The van der Waals surface area contributed by atoms with E-state index in [1.165, 1.54) is 23.9 Å². The molecule has 166 valence electrons. The van der Waals surface area contributed by atoms with Gasteiger partial charge in [0.05, 0.1) is 23.9 Å². The number of thioether (sulfide) groups is 1. The van der Waals surface area contributed by atoms with E-state index in [-0.39, 0.29) is 16.6 Å². The van der Waals surface area contributed by atoms with Crippen LogP contribution in [0.1, 0.15) is 6.42 Å². The van der Waals surface area contributed by atoms with Crippen molar-refractivity contribution in [3.05, 3.63) is 67.0 Å². The minimum atomic E-state index is -3.82. The molecule has 8 nitrogen and oxygen atoms in total. The zero-order chi connectivity index (χ0) is 22.4. The van der Waals surface area contributed by atoms with E-state index >= 15 is 0 Å². The number of aromatic nitrogens is 1. The zero-order valence-corrected chi connectivity index (χ0v) is 18.6. The second kappa shape index (κ2) is 9.92. The van der Waals surface area contributed by atoms with Gasteiger partial charge in [0.25, 0.3) is 10.0 Å². The van der Waals surface area contributed by atoms with Crippen molar-refractivity contribution < 1.29 is 22.7 Å². The van der Waals surface area contributed by atoms with E-state index in [0.29, 0.717) is 36.1 Å². The molecule has 4 rings (SSSR count). The van der Waals surface area contributed by atoms with Gasteiger partial charge < -0.3 is 14.8 Å². The number of carbonyl (C=O) groups excluding carboxylic acids is 1. The van der Waals surface area contributed by atoms with Gasteiger partial charge in [-0.15, -0.1) is 11.8 Å². The Bertz CT molecular complexity index is 1190. The molecule has 0 aliphatic carbocycles. The van der Waals surface area contributed by atoms with E-state index in [9.17, 15) is 13.2 Å². The van der Waals surface area contributed by atoms with Gasteiger partial charge >= 0.3 is 0 Å². The molecule has 0 atom stereocenters. The van der Waals surface area contributed by atoms with Gasteiger partial charge in [-0.25, -0.2) is 8.42 Å². The Balaban J connectivity index is 1.36. The Hall–Kier alpha value is -3.24. The van der Waals surface area contributed by atoms with Crippen LogP contribution in [0.3, 0.4) is 0 Å². The molecule has 0 radical (unpaired) electrons. The summed E-state index contributed by atoms with van der Waals surface area (Å²) in [5, 5.41) is 2.79. The maximum absolute atomic E-state index is 12.8. The van der Waals surface area contributed by atoms with Gasteiger partial charge in [-0.1, -0.05) is 0 Å². The molecule has 1 aromatic heterocycles. The molecule has 10 heteroatoms. The maximum atomic E-state index is 12.8. The van der Waals surface area contributed by atoms with Gasteiger partial charge in [-0.05, 0) is 48.5 Å². The van der Waals surface area contributed by atoms with Crippen LogP contribution in [0.15, 0.2) is 76.8 Å². The summed E-state index contributed by atoms with van der Waals surface area (Å²) < 4.78 is 39.2. The Labute approximate surface area is 190 Å². The molecule has 0 saturated heterocycles. The van der Waals surface area contributed by atoms with Crippen molar-refractivity contribution in [2.24, 2.45) is 0 Å². The van der Waals surface area contributed by atoms with Crippen LogP contribution < -0.4 is 19.5 Å². The van der Waals surface area contributed by atoms with Crippen molar-refractivity contribution in [1.29, 1.82) is 0 Å². The van der Waals surface area contributed by atoms with E-state index < -0.39 is 10.0 Å². The van der Waals surface area contributed by atoms with Crippen LogP contribution in [-0.4, -0.2) is 38.3 Å². The molecular formula is C22H21N3O5S2. The fourth-order valence-electron chi connectivity index (χ4n) is 2.93. The Morgan fingerprint density at radius 3 is 2.38 bits per heavy atom. The number of pyridine rings is 1. The minimum Gasteiger partial charge on any atom is -0.490 e. The highest BCUT2D eigenvalue weighted by Crippen LogP contribution is 2.32. The molecule has 0 bridgehead atoms. The van der Waals surface area contributed by atoms with Crippen molar-refractivity contribution in [2.45, 2.75) is 16.2 Å². The smallest absolute Gasteiger partial charge is 0.262 e. The lowest BCUT2D eigenvalue weighted by atomic mass is 10.3. The third-order valence-electron chi connectivity index (χ3n) is 4.47. The number of sulfonamides is 1. The third kappa shape index (κ3) is 5.71. The fraction of sp³-hybridized carbons (Fsp3) is 0.182. The van der Waals surface area contributed by atoms with Gasteiger partial charge in [0.2, 0.25) is 5.91 Å².